The van der Waals surface area contributed by atoms with E-state index < -0.39 is 8.32 Å². The lowest BCUT2D eigenvalue weighted by atomic mass is 10.2. The molecular formula is C24H32O3Si. The molecule has 0 saturated carbocycles. The lowest BCUT2D eigenvalue weighted by molar-refractivity contribution is 0.0352. The highest BCUT2D eigenvalue weighted by Gasteiger charge is 2.50. The Morgan fingerprint density at radius 1 is 1.07 bits per heavy atom. The van der Waals surface area contributed by atoms with Crippen LogP contribution < -0.4 is 10.4 Å². The molecule has 2 aromatic carbocycles. The zero-order valence-corrected chi connectivity index (χ0v) is 18.3. The van der Waals surface area contributed by atoms with Crippen LogP contribution in [0.25, 0.3) is 0 Å². The SMILES string of the molecule is C=CCO[C@H](CCO[Si](c1ccccc1)(c1ccccc1)C(C)(C)C)[C@@H]1CO1. The molecule has 1 fully saturated rings. The van der Waals surface area contributed by atoms with Crippen LogP contribution in [0.5, 0.6) is 0 Å². The Bertz CT molecular complexity index is 696. The molecule has 0 unspecified atom stereocenters. The number of benzene rings is 2. The van der Waals surface area contributed by atoms with Crippen LogP contribution in [0.4, 0.5) is 0 Å². The Balaban J connectivity index is 1.89. The van der Waals surface area contributed by atoms with Gasteiger partial charge in [-0.05, 0) is 21.8 Å². The maximum Gasteiger partial charge on any atom is 0.261 e. The van der Waals surface area contributed by atoms with Crippen LogP contribution in [-0.2, 0) is 13.9 Å². The van der Waals surface area contributed by atoms with Crippen molar-refractivity contribution in [1.82, 2.24) is 0 Å². The highest BCUT2D eigenvalue weighted by molar-refractivity contribution is 6.99. The first kappa shape index (κ1) is 21.0. The molecule has 0 N–H and O–H groups in total. The summed E-state index contributed by atoms with van der Waals surface area (Å²) in [6, 6.07) is 21.5. The number of rotatable bonds is 10. The van der Waals surface area contributed by atoms with Gasteiger partial charge in [-0.3, -0.25) is 0 Å². The topological polar surface area (TPSA) is 31.0 Å². The molecule has 0 spiro atoms. The van der Waals surface area contributed by atoms with Crippen molar-refractivity contribution in [2.45, 2.75) is 44.4 Å². The summed E-state index contributed by atoms with van der Waals surface area (Å²) in [6.07, 6.45) is 2.88. The summed E-state index contributed by atoms with van der Waals surface area (Å²) in [7, 11) is -2.48. The third kappa shape index (κ3) is 4.63. The molecule has 3 nitrogen and oxygen atoms in total. The number of epoxide rings is 1. The molecule has 0 aliphatic carbocycles. The van der Waals surface area contributed by atoms with Crippen molar-refractivity contribution in [3.8, 4) is 0 Å². The summed E-state index contributed by atoms with van der Waals surface area (Å²) in [6.45, 7) is 12.6. The van der Waals surface area contributed by atoms with Gasteiger partial charge in [0.1, 0.15) is 6.10 Å². The molecule has 4 heteroatoms. The predicted molar refractivity (Wildman–Crippen MR) is 118 cm³/mol. The summed E-state index contributed by atoms with van der Waals surface area (Å²) in [4.78, 5) is 0. The second kappa shape index (κ2) is 9.18. The zero-order chi connectivity index (χ0) is 20.0. The van der Waals surface area contributed by atoms with Gasteiger partial charge in [0.25, 0.3) is 8.32 Å². The largest absolute Gasteiger partial charge is 0.407 e. The van der Waals surface area contributed by atoms with Gasteiger partial charge in [-0.25, -0.2) is 0 Å². The van der Waals surface area contributed by atoms with Crippen LogP contribution >= 0.6 is 0 Å². The van der Waals surface area contributed by atoms with E-state index in [4.69, 9.17) is 13.9 Å². The summed E-state index contributed by atoms with van der Waals surface area (Å²) < 4.78 is 18.3. The van der Waals surface area contributed by atoms with Gasteiger partial charge in [0.2, 0.25) is 0 Å². The van der Waals surface area contributed by atoms with Crippen molar-refractivity contribution in [3.63, 3.8) is 0 Å². The van der Waals surface area contributed by atoms with E-state index in [2.05, 4.69) is 88.0 Å². The van der Waals surface area contributed by atoms with Crippen molar-refractivity contribution >= 4 is 18.7 Å². The van der Waals surface area contributed by atoms with Gasteiger partial charge in [0.05, 0.1) is 19.3 Å². The number of hydrogen-bond acceptors (Lipinski definition) is 3. The standard InChI is InChI=1S/C24H32O3Si/c1-5-17-25-22(23-19-26-23)16-18-27-28(24(2,3)4,20-12-8-6-9-13-20)21-14-10-7-11-15-21/h5-15,22-23H,1,16-19H2,2-4H3/t22-,23+/m1/s1. The van der Waals surface area contributed by atoms with Gasteiger partial charge in [0, 0.05) is 6.61 Å². The predicted octanol–water partition coefficient (Wildman–Crippen LogP) is 3.92. The highest BCUT2D eigenvalue weighted by atomic mass is 28.4. The van der Waals surface area contributed by atoms with Crippen LogP contribution in [0.2, 0.25) is 5.04 Å². The van der Waals surface area contributed by atoms with E-state index in [1.54, 1.807) is 6.08 Å². The number of hydrogen-bond donors (Lipinski definition) is 0. The molecule has 0 aromatic heterocycles. The third-order valence-electron chi connectivity index (χ3n) is 5.34. The minimum atomic E-state index is -2.48. The van der Waals surface area contributed by atoms with E-state index in [1.165, 1.54) is 10.4 Å². The molecule has 1 aliphatic rings. The molecule has 1 aliphatic heterocycles. The molecule has 3 rings (SSSR count). The van der Waals surface area contributed by atoms with Crippen LogP contribution in [0.1, 0.15) is 27.2 Å². The first-order chi connectivity index (χ1) is 13.5. The Labute approximate surface area is 170 Å². The van der Waals surface area contributed by atoms with E-state index in [-0.39, 0.29) is 17.2 Å². The van der Waals surface area contributed by atoms with Crippen LogP contribution in [-0.4, -0.2) is 40.3 Å². The molecule has 0 bridgehead atoms. The third-order valence-corrected chi connectivity index (χ3v) is 10.4. The molecule has 1 saturated heterocycles. The quantitative estimate of drug-likeness (QED) is 0.346. The van der Waals surface area contributed by atoms with E-state index >= 15 is 0 Å². The fraction of sp³-hybridized carbons (Fsp3) is 0.417. The molecule has 0 radical (unpaired) electrons. The van der Waals surface area contributed by atoms with Gasteiger partial charge in [-0.15, -0.1) is 6.58 Å². The molecule has 0 amide bonds. The van der Waals surface area contributed by atoms with Crippen molar-refractivity contribution < 1.29 is 13.9 Å². The maximum atomic E-state index is 6.93. The van der Waals surface area contributed by atoms with Crippen molar-refractivity contribution in [3.05, 3.63) is 73.3 Å². The van der Waals surface area contributed by atoms with Gasteiger partial charge in [0.15, 0.2) is 0 Å². The second-order valence-electron chi connectivity index (χ2n) is 8.33. The van der Waals surface area contributed by atoms with Gasteiger partial charge in [-0.2, -0.15) is 0 Å². The molecular weight excluding hydrogens is 364 g/mol. The smallest absolute Gasteiger partial charge is 0.261 e. The van der Waals surface area contributed by atoms with E-state index in [1.807, 2.05) is 0 Å². The van der Waals surface area contributed by atoms with Crippen molar-refractivity contribution in [2.24, 2.45) is 0 Å². The molecule has 28 heavy (non-hydrogen) atoms. The van der Waals surface area contributed by atoms with Gasteiger partial charge in [-0.1, -0.05) is 87.5 Å². The van der Waals surface area contributed by atoms with Gasteiger partial charge >= 0.3 is 0 Å². The van der Waals surface area contributed by atoms with Crippen LogP contribution in [0.3, 0.4) is 0 Å². The monoisotopic (exact) mass is 396 g/mol. The van der Waals surface area contributed by atoms with Crippen molar-refractivity contribution in [2.75, 3.05) is 19.8 Å². The van der Waals surface area contributed by atoms with Crippen LogP contribution in [0.15, 0.2) is 73.3 Å². The summed E-state index contributed by atoms with van der Waals surface area (Å²) >= 11 is 0. The maximum absolute atomic E-state index is 6.93. The lowest BCUT2D eigenvalue weighted by Gasteiger charge is -2.43. The zero-order valence-electron chi connectivity index (χ0n) is 17.3. The Morgan fingerprint density at radius 3 is 2.04 bits per heavy atom. The minimum Gasteiger partial charge on any atom is -0.407 e. The fourth-order valence-corrected chi connectivity index (χ4v) is 8.51. The highest BCUT2D eigenvalue weighted by Crippen LogP contribution is 2.37. The van der Waals surface area contributed by atoms with Gasteiger partial charge < -0.3 is 13.9 Å². The minimum absolute atomic E-state index is 0.0107. The average Bonchev–Trinajstić information content (AvgIpc) is 3.53. The summed E-state index contributed by atoms with van der Waals surface area (Å²) in [5.41, 5.74) is 0. The Kier molecular flexibility index (Phi) is 6.89. The second-order valence-corrected chi connectivity index (χ2v) is 12.6. The first-order valence-corrected chi connectivity index (χ1v) is 12.0. The Hall–Kier alpha value is -1.72. The first-order valence-electron chi connectivity index (χ1n) is 10.1. The van der Waals surface area contributed by atoms with E-state index in [9.17, 15) is 0 Å². The molecule has 2 aromatic rings. The summed E-state index contributed by atoms with van der Waals surface area (Å²) in [5.74, 6) is 0. The number of ether oxygens (including phenoxy) is 2. The fourth-order valence-electron chi connectivity index (χ4n) is 3.93. The normalized spacial score (nSPS) is 17.9. The molecule has 1 heterocycles. The van der Waals surface area contributed by atoms with Crippen molar-refractivity contribution in [1.29, 1.82) is 0 Å². The van der Waals surface area contributed by atoms with Crippen LogP contribution in [0, 0.1) is 0 Å². The van der Waals surface area contributed by atoms with E-state index in [0.717, 1.165) is 13.0 Å². The lowest BCUT2D eigenvalue weighted by Crippen LogP contribution is -2.66. The Morgan fingerprint density at radius 2 is 1.61 bits per heavy atom. The molecule has 2 atom stereocenters. The average molecular weight is 397 g/mol. The van der Waals surface area contributed by atoms with E-state index in [0.29, 0.717) is 13.2 Å². The molecule has 150 valence electrons. The summed E-state index contributed by atoms with van der Waals surface area (Å²) in [5, 5.41) is 2.60.